The van der Waals surface area contributed by atoms with Gasteiger partial charge in [-0.05, 0) is 25.7 Å². The molecule has 1 aromatic heterocycles. The number of aliphatic hydroxyl groups is 1. The molecule has 1 aliphatic heterocycles. The lowest BCUT2D eigenvalue weighted by Gasteiger charge is -2.31. The van der Waals surface area contributed by atoms with Gasteiger partial charge in [0.15, 0.2) is 0 Å². The van der Waals surface area contributed by atoms with Crippen molar-refractivity contribution in [1.29, 1.82) is 0 Å². The van der Waals surface area contributed by atoms with Gasteiger partial charge in [0.25, 0.3) is 11.6 Å². The average molecular weight is 279 g/mol. The van der Waals surface area contributed by atoms with Gasteiger partial charge in [-0.25, -0.2) is 0 Å². The SMILES string of the molecule is Cc1ncc([N+](=O)[O-])cc1C(=O)N1CCC(CO)CC1. The van der Waals surface area contributed by atoms with Gasteiger partial charge in [0.05, 0.1) is 16.2 Å². The van der Waals surface area contributed by atoms with E-state index in [1.165, 1.54) is 6.07 Å². The van der Waals surface area contributed by atoms with E-state index >= 15 is 0 Å². The van der Waals surface area contributed by atoms with Crippen molar-refractivity contribution in [2.75, 3.05) is 19.7 Å². The first-order chi connectivity index (χ1) is 9.52. The maximum Gasteiger partial charge on any atom is 0.288 e. The molecule has 0 atom stereocenters. The van der Waals surface area contributed by atoms with Crippen molar-refractivity contribution in [3.63, 3.8) is 0 Å². The van der Waals surface area contributed by atoms with Gasteiger partial charge in [-0.3, -0.25) is 19.9 Å². The van der Waals surface area contributed by atoms with Crippen LogP contribution in [0.4, 0.5) is 5.69 Å². The smallest absolute Gasteiger partial charge is 0.288 e. The molecule has 0 radical (unpaired) electrons. The molecule has 108 valence electrons. The number of hydrogen-bond acceptors (Lipinski definition) is 5. The summed E-state index contributed by atoms with van der Waals surface area (Å²) in [5.74, 6) is 0.0125. The minimum Gasteiger partial charge on any atom is -0.396 e. The summed E-state index contributed by atoms with van der Waals surface area (Å²) in [4.78, 5) is 28.2. The Labute approximate surface area is 116 Å². The quantitative estimate of drug-likeness (QED) is 0.661. The van der Waals surface area contributed by atoms with Gasteiger partial charge in [0.2, 0.25) is 0 Å². The minimum atomic E-state index is -0.554. The first-order valence-corrected chi connectivity index (χ1v) is 6.54. The molecule has 20 heavy (non-hydrogen) atoms. The Kier molecular flexibility index (Phi) is 4.29. The van der Waals surface area contributed by atoms with Gasteiger partial charge in [0.1, 0.15) is 6.20 Å². The summed E-state index contributed by atoms with van der Waals surface area (Å²) in [6, 6.07) is 1.28. The highest BCUT2D eigenvalue weighted by Gasteiger charge is 2.25. The molecular formula is C13H17N3O4. The van der Waals surface area contributed by atoms with Crippen LogP contribution in [0.5, 0.6) is 0 Å². The van der Waals surface area contributed by atoms with Crippen molar-refractivity contribution in [2.45, 2.75) is 19.8 Å². The van der Waals surface area contributed by atoms with E-state index in [0.29, 0.717) is 18.8 Å². The number of carbonyl (C=O) groups excluding carboxylic acids is 1. The number of rotatable bonds is 3. The van der Waals surface area contributed by atoms with E-state index in [1.54, 1.807) is 11.8 Å². The Balaban J connectivity index is 2.17. The van der Waals surface area contributed by atoms with E-state index in [1.807, 2.05) is 0 Å². The zero-order chi connectivity index (χ0) is 14.7. The number of carbonyl (C=O) groups is 1. The third-order valence-corrected chi connectivity index (χ3v) is 3.67. The molecule has 1 N–H and O–H groups in total. The lowest BCUT2D eigenvalue weighted by atomic mass is 9.97. The summed E-state index contributed by atoms with van der Waals surface area (Å²) in [6.07, 6.45) is 2.66. The molecule has 0 bridgehead atoms. The number of nitro groups is 1. The Morgan fingerprint density at radius 1 is 1.55 bits per heavy atom. The Hall–Kier alpha value is -2.02. The second kappa shape index (κ2) is 5.96. The van der Waals surface area contributed by atoms with E-state index in [2.05, 4.69) is 4.98 Å². The van der Waals surface area contributed by atoms with Crippen LogP contribution < -0.4 is 0 Å². The number of pyridine rings is 1. The molecule has 1 fully saturated rings. The molecule has 1 amide bonds. The molecule has 7 heteroatoms. The van der Waals surface area contributed by atoms with Crippen molar-refractivity contribution >= 4 is 11.6 Å². The number of hydrogen-bond donors (Lipinski definition) is 1. The number of likely N-dealkylation sites (tertiary alicyclic amines) is 1. The lowest BCUT2D eigenvalue weighted by molar-refractivity contribution is -0.385. The van der Waals surface area contributed by atoms with Crippen LogP contribution in [0.1, 0.15) is 28.9 Å². The normalized spacial score (nSPS) is 16.2. The molecule has 7 nitrogen and oxygen atoms in total. The number of aryl methyl sites for hydroxylation is 1. The van der Waals surface area contributed by atoms with Crippen LogP contribution in [0.15, 0.2) is 12.3 Å². The van der Waals surface area contributed by atoms with Gasteiger partial charge in [0, 0.05) is 25.8 Å². The van der Waals surface area contributed by atoms with Crippen LogP contribution in [0.25, 0.3) is 0 Å². The first kappa shape index (κ1) is 14.4. The molecule has 1 aromatic rings. The van der Waals surface area contributed by atoms with Crippen LogP contribution >= 0.6 is 0 Å². The highest BCUT2D eigenvalue weighted by atomic mass is 16.6. The third-order valence-electron chi connectivity index (χ3n) is 3.67. The highest BCUT2D eigenvalue weighted by Crippen LogP contribution is 2.21. The summed E-state index contributed by atoms with van der Waals surface area (Å²) in [6.45, 7) is 2.93. The standard InChI is InChI=1S/C13H17N3O4/c1-9-12(6-11(7-14-9)16(19)20)13(18)15-4-2-10(8-17)3-5-15/h6-7,10,17H,2-5,8H2,1H3. The number of amides is 1. The fraction of sp³-hybridized carbons (Fsp3) is 0.538. The zero-order valence-corrected chi connectivity index (χ0v) is 11.3. The third kappa shape index (κ3) is 2.93. The molecule has 0 spiro atoms. The number of nitrogens with zero attached hydrogens (tertiary/aromatic N) is 3. The molecule has 0 aromatic carbocycles. The van der Waals surface area contributed by atoms with E-state index in [9.17, 15) is 14.9 Å². The van der Waals surface area contributed by atoms with Crippen LogP contribution in [-0.2, 0) is 0 Å². The van der Waals surface area contributed by atoms with Gasteiger partial charge in [-0.1, -0.05) is 0 Å². The summed E-state index contributed by atoms with van der Waals surface area (Å²) in [7, 11) is 0. The van der Waals surface area contributed by atoms with Gasteiger partial charge >= 0.3 is 0 Å². The zero-order valence-electron chi connectivity index (χ0n) is 11.3. The minimum absolute atomic E-state index is 0.138. The Bertz CT molecular complexity index is 524. The van der Waals surface area contributed by atoms with Crippen molar-refractivity contribution in [3.05, 3.63) is 33.6 Å². The highest BCUT2D eigenvalue weighted by molar-refractivity contribution is 5.95. The molecule has 0 unspecified atom stereocenters. The van der Waals surface area contributed by atoms with Gasteiger partial charge in [-0.15, -0.1) is 0 Å². The summed E-state index contributed by atoms with van der Waals surface area (Å²) in [5, 5.41) is 19.8. The van der Waals surface area contributed by atoms with Crippen molar-refractivity contribution < 1.29 is 14.8 Å². The van der Waals surface area contributed by atoms with Crippen molar-refractivity contribution in [2.24, 2.45) is 5.92 Å². The fourth-order valence-corrected chi connectivity index (χ4v) is 2.33. The maximum atomic E-state index is 12.4. The largest absolute Gasteiger partial charge is 0.396 e. The molecule has 1 saturated heterocycles. The Morgan fingerprint density at radius 2 is 2.20 bits per heavy atom. The predicted octanol–water partition coefficient (Wildman–Crippen LogP) is 1.14. The van der Waals surface area contributed by atoms with E-state index in [0.717, 1.165) is 19.0 Å². The number of aromatic nitrogens is 1. The molecule has 2 rings (SSSR count). The van der Waals surface area contributed by atoms with E-state index in [-0.39, 0.29) is 29.7 Å². The molecular weight excluding hydrogens is 262 g/mol. The van der Waals surface area contributed by atoms with Crippen LogP contribution in [0, 0.1) is 23.0 Å². The molecule has 2 heterocycles. The maximum absolute atomic E-state index is 12.4. The summed E-state index contributed by atoms with van der Waals surface area (Å²) in [5.41, 5.74) is 0.593. The average Bonchev–Trinajstić information content (AvgIpc) is 2.47. The first-order valence-electron chi connectivity index (χ1n) is 6.54. The molecule has 0 saturated carbocycles. The van der Waals surface area contributed by atoms with Gasteiger partial charge < -0.3 is 10.0 Å². The number of aliphatic hydroxyl groups excluding tert-OH is 1. The van der Waals surface area contributed by atoms with Crippen molar-refractivity contribution in [3.8, 4) is 0 Å². The van der Waals surface area contributed by atoms with Crippen LogP contribution in [0.2, 0.25) is 0 Å². The topological polar surface area (TPSA) is 96.6 Å². The molecule has 0 aliphatic carbocycles. The van der Waals surface area contributed by atoms with E-state index in [4.69, 9.17) is 5.11 Å². The van der Waals surface area contributed by atoms with Crippen LogP contribution in [0.3, 0.4) is 0 Å². The fourth-order valence-electron chi connectivity index (χ4n) is 2.33. The molecule has 1 aliphatic rings. The van der Waals surface area contributed by atoms with E-state index < -0.39 is 4.92 Å². The second-order valence-electron chi connectivity index (χ2n) is 5.00. The van der Waals surface area contributed by atoms with Crippen molar-refractivity contribution in [1.82, 2.24) is 9.88 Å². The second-order valence-corrected chi connectivity index (χ2v) is 5.00. The summed E-state index contributed by atoms with van der Waals surface area (Å²) >= 11 is 0. The lowest BCUT2D eigenvalue weighted by Crippen LogP contribution is -2.39. The Morgan fingerprint density at radius 3 is 2.75 bits per heavy atom. The predicted molar refractivity (Wildman–Crippen MR) is 71.3 cm³/mol. The van der Waals surface area contributed by atoms with Gasteiger partial charge in [-0.2, -0.15) is 0 Å². The van der Waals surface area contributed by atoms with Crippen LogP contribution in [-0.4, -0.2) is 45.5 Å². The monoisotopic (exact) mass is 279 g/mol. The summed E-state index contributed by atoms with van der Waals surface area (Å²) < 4.78 is 0. The number of piperidine rings is 1.